The number of sulfone groups is 1. The summed E-state index contributed by atoms with van der Waals surface area (Å²) in [4.78, 5) is 9.91. The molecule has 1 saturated heterocycles. The van der Waals surface area contributed by atoms with Crippen LogP contribution < -0.4 is 0 Å². The van der Waals surface area contributed by atoms with Crippen LogP contribution in [0.15, 0.2) is 41.7 Å². The number of imidazole rings is 1. The molecule has 0 aliphatic carbocycles. The van der Waals surface area contributed by atoms with Crippen molar-refractivity contribution in [1.82, 2.24) is 14.6 Å². The lowest BCUT2D eigenvalue weighted by molar-refractivity contribution is -0.188. The first kappa shape index (κ1) is 19.0. The number of hydroxylamine groups is 2. The van der Waals surface area contributed by atoms with Gasteiger partial charge in [-0.1, -0.05) is 30.3 Å². The fraction of sp³-hybridized carbons (Fsp3) is 0.500. The number of nitrogens with zero attached hydrogens (tertiary/aromatic N) is 3. The summed E-state index contributed by atoms with van der Waals surface area (Å²) in [7, 11) is -2.03. The molecule has 0 saturated carbocycles. The fourth-order valence-corrected chi connectivity index (χ4v) is 4.24. The highest BCUT2D eigenvalue weighted by Crippen LogP contribution is 2.19. The van der Waals surface area contributed by atoms with Crippen molar-refractivity contribution >= 4 is 9.84 Å². The molecule has 1 fully saturated rings. The zero-order valence-electron chi connectivity index (χ0n) is 15.0. The van der Waals surface area contributed by atoms with Gasteiger partial charge in [-0.25, -0.2) is 13.4 Å². The third-order valence-electron chi connectivity index (χ3n) is 4.33. The predicted molar refractivity (Wildman–Crippen MR) is 97.3 cm³/mol. The standard InChI is InChI=1S/C18H25N3O4S/c1-24-11-12-26(22,23)18-19-13-17(15-20-9-5-6-10-25-20)21(18)14-16-7-3-2-4-8-16/h2-4,7-8,13H,5-6,9-12,14-15H2,1H3. The Hall–Kier alpha value is -1.74. The van der Waals surface area contributed by atoms with Gasteiger partial charge in [0.1, 0.15) is 0 Å². The number of hydrogen-bond donors (Lipinski definition) is 0. The Morgan fingerprint density at radius 1 is 1.19 bits per heavy atom. The Balaban J connectivity index is 1.90. The van der Waals surface area contributed by atoms with Gasteiger partial charge >= 0.3 is 0 Å². The molecule has 8 heteroatoms. The lowest BCUT2D eigenvalue weighted by Gasteiger charge is -2.26. The molecule has 3 rings (SSSR count). The first-order chi connectivity index (χ1) is 12.6. The van der Waals surface area contributed by atoms with Gasteiger partial charge in [0.2, 0.25) is 15.0 Å². The summed E-state index contributed by atoms with van der Waals surface area (Å²) in [5.74, 6) is -0.0883. The maximum Gasteiger partial charge on any atom is 0.228 e. The minimum atomic E-state index is -3.53. The van der Waals surface area contributed by atoms with Crippen LogP contribution in [-0.4, -0.2) is 55.7 Å². The molecule has 0 N–H and O–H groups in total. The number of aromatic nitrogens is 2. The molecular weight excluding hydrogens is 354 g/mol. The maximum atomic E-state index is 12.7. The molecular formula is C18H25N3O4S. The first-order valence-electron chi connectivity index (χ1n) is 8.78. The SMILES string of the molecule is COCCS(=O)(=O)c1ncc(CN2CCCCO2)n1Cc1ccccc1. The monoisotopic (exact) mass is 379 g/mol. The highest BCUT2D eigenvalue weighted by Gasteiger charge is 2.24. The summed E-state index contributed by atoms with van der Waals surface area (Å²) in [6.07, 6.45) is 3.77. The van der Waals surface area contributed by atoms with E-state index in [-0.39, 0.29) is 17.5 Å². The molecule has 7 nitrogen and oxygen atoms in total. The summed E-state index contributed by atoms with van der Waals surface area (Å²) in [5.41, 5.74) is 1.85. The van der Waals surface area contributed by atoms with Crippen molar-refractivity contribution < 1.29 is 18.0 Å². The van der Waals surface area contributed by atoms with E-state index in [4.69, 9.17) is 9.57 Å². The van der Waals surface area contributed by atoms with Gasteiger partial charge in [-0.2, -0.15) is 5.06 Å². The molecule has 1 aliphatic rings. The van der Waals surface area contributed by atoms with Gasteiger partial charge in [0.05, 0.1) is 43.9 Å². The highest BCUT2D eigenvalue weighted by molar-refractivity contribution is 7.91. The lowest BCUT2D eigenvalue weighted by Crippen LogP contribution is -2.30. The van der Waals surface area contributed by atoms with E-state index in [1.54, 1.807) is 10.8 Å². The van der Waals surface area contributed by atoms with Crippen molar-refractivity contribution in [3.05, 3.63) is 47.8 Å². The quantitative estimate of drug-likeness (QED) is 0.697. The van der Waals surface area contributed by atoms with Crippen LogP contribution in [0.3, 0.4) is 0 Å². The lowest BCUT2D eigenvalue weighted by atomic mass is 10.2. The Kier molecular flexibility index (Phi) is 6.42. The van der Waals surface area contributed by atoms with Gasteiger partial charge in [0.25, 0.3) is 0 Å². The summed E-state index contributed by atoms with van der Waals surface area (Å²) in [6.45, 7) is 2.64. The largest absolute Gasteiger partial charge is 0.384 e. The molecule has 0 spiro atoms. The van der Waals surface area contributed by atoms with Gasteiger partial charge in [0, 0.05) is 13.7 Å². The average molecular weight is 379 g/mol. The van der Waals surface area contributed by atoms with Crippen LogP contribution in [0.4, 0.5) is 0 Å². The molecule has 26 heavy (non-hydrogen) atoms. The van der Waals surface area contributed by atoms with E-state index in [9.17, 15) is 8.42 Å². The van der Waals surface area contributed by atoms with Crippen molar-refractivity contribution in [2.75, 3.05) is 32.6 Å². The third kappa shape index (κ3) is 4.70. The van der Waals surface area contributed by atoms with E-state index in [2.05, 4.69) is 4.98 Å². The number of benzene rings is 1. The van der Waals surface area contributed by atoms with Crippen molar-refractivity contribution in [2.24, 2.45) is 0 Å². The topological polar surface area (TPSA) is 73.7 Å². The predicted octanol–water partition coefficient (Wildman–Crippen LogP) is 1.88. The smallest absolute Gasteiger partial charge is 0.228 e. The molecule has 1 aromatic heterocycles. The minimum absolute atomic E-state index is 0.0883. The molecule has 142 valence electrons. The van der Waals surface area contributed by atoms with E-state index in [1.807, 2.05) is 35.4 Å². The molecule has 2 aromatic rings. The minimum Gasteiger partial charge on any atom is -0.384 e. The van der Waals surface area contributed by atoms with E-state index >= 15 is 0 Å². The van der Waals surface area contributed by atoms with Crippen LogP contribution in [-0.2, 0) is 32.5 Å². The van der Waals surface area contributed by atoms with E-state index < -0.39 is 9.84 Å². The molecule has 2 heterocycles. The van der Waals surface area contributed by atoms with Gasteiger partial charge in [0.15, 0.2) is 0 Å². The molecule has 0 unspecified atom stereocenters. The van der Waals surface area contributed by atoms with Gasteiger partial charge < -0.3 is 9.30 Å². The molecule has 0 bridgehead atoms. The first-order valence-corrected chi connectivity index (χ1v) is 10.4. The number of ether oxygens (including phenoxy) is 1. The Morgan fingerprint density at radius 3 is 2.69 bits per heavy atom. The maximum absolute atomic E-state index is 12.7. The zero-order valence-corrected chi connectivity index (χ0v) is 15.8. The fourth-order valence-electron chi connectivity index (χ4n) is 2.94. The Labute approximate surface area is 154 Å². The van der Waals surface area contributed by atoms with Crippen LogP contribution >= 0.6 is 0 Å². The molecule has 1 aliphatic heterocycles. The highest BCUT2D eigenvalue weighted by atomic mass is 32.2. The molecule has 0 amide bonds. The second-order valence-corrected chi connectivity index (χ2v) is 8.32. The number of rotatable bonds is 8. The van der Waals surface area contributed by atoms with E-state index in [0.29, 0.717) is 19.7 Å². The van der Waals surface area contributed by atoms with Crippen molar-refractivity contribution in [1.29, 1.82) is 0 Å². The second kappa shape index (κ2) is 8.77. The van der Waals surface area contributed by atoms with Crippen molar-refractivity contribution in [3.63, 3.8) is 0 Å². The van der Waals surface area contributed by atoms with Crippen LogP contribution in [0.1, 0.15) is 24.1 Å². The molecule has 0 radical (unpaired) electrons. The van der Waals surface area contributed by atoms with Gasteiger partial charge in [-0.15, -0.1) is 0 Å². The van der Waals surface area contributed by atoms with Crippen LogP contribution in [0.5, 0.6) is 0 Å². The summed E-state index contributed by atoms with van der Waals surface area (Å²) in [5, 5.41) is 1.97. The van der Waals surface area contributed by atoms with E-state index in [1.165, 1.54) is 7.11 Å². The van der Waals surface area contributed by atoms with Crippen molar-refractivity contribution in [2.45, 2.75) is 31.1 Å². The average Bonchev–Trinajstić information content (AvgIpc) is 3.05. The second-order valence-electron chi connectivity index (χ2n) is 6.32. The summed E-state index contributed by atoms with van der Waals surface area (Å²) in [6, 6.07) is 9.78. The van der Waals surface area contributed by atoms with Crippen molar-refractivity contribution in [3.8, 4) is 0 Å². The van der Waals surface area contributed by atoms with Crippen LogP contribution in [0.2, 0.25) is 0 Å². The number of hydrogen-bond acceptors (Lipinski definition) is 6. The summed E-state index contributed by atoms with van der Waals surface area (Å²) >= 11 is 0. The normalized spacial score (nSPS) is 16.0. The molecule has 0 atom stereocenters. The summed E-state index contributed by atoms with van der Waals surface area (Å²) < 4.78 is 32.1. The molecule has 1 aromatic carbocycles. The van der Waals surface area contributed by atoms with Crippen LogP contribution in [0, 0.1) is 0 Å². The van der Waals surface area contributed by atoms with Gasteiger partial charge in [-0.3, -0.25) is 4.84 Å². The third-order valence-corrected chi connectivity index (χ3v) is 5.92. The Bertz CT molecular complexity index is 799. The zero-order chi connectivity index (χ0) is 18.4. The van der Waals surface area contributed by atoms with E-state index in [0.717, 1.165) is 30.6 Å². The number of methoxy groups -OCH3 is 1. The van der Waals surface area contributed by atoms with Crippen LogP contribution in [0.25, 0.3) is 0 Å². The Morgan fingerprint density at radius 2 is 2.00 bits per heavy atom. The van der Waals surface area contributed by atoms with Gasteiger partial charge in [-0.05, 0) is 18.4 Å².